The van der Waals surface area contributed by atoms with E-state index in [-0.39, 0.29) is 17.4 Å². The van der Waals surface area contributed by atoms with Gasteiger partial charge in [0.25, 0.3) is 5.91 Å². The van der Waals surface area contributed by atoms with Crippen molar-refractivity contribution in [3.63, 3.8) is 0 Å². The quantitative estimate of drug-likeness (QED) is 0.641. The summed E-state index contributed by atoms with van der Waals surface area (Å²) in [4.78, 5) is 15.3. The molecule has 2 aromatic rings. The van der Waals surface area contributed by atoms with Crippen molar-refractivity contribution < 1.29 is 4.79 Å². The lowest BCUT2D eigenvalue weighted by Gasteiger charge is -2.42. The molecule has 2 fully saturated rings. The average Bonchev–Trinajstić information content (AvgIpc) is 3.54. The van der Waals surface area contributed by atoms with Gasteiger partial charge in [0.2, 0.25) is 0 Å². The van der Waals surface area contributed by atoms with Crippen molar-refractivity contribution in [2.24, 2.45) is 5.92 Å². The smallest absolute Gasteiger partial charge is 0.258 e. The molecule has 5 heteroatoms. The second-order valence-electron chi connectivity index (χ2n) is 8.72. The number of benzene rings is 2. The first-order chi connectivity index (χ1) is 14.1. The van der Waals surface area contributed by atoms with Gasteiger partial charge in [-0.15, -0.1) is 23.2 Å². The Morgan fingerprint density at radius 2 is 1.86 bits per heavy atom. The summed E-state index contributed by atoms with van der Waals surface area (Å²) < 4.78 is 0. The van der Waals surface area contributed by atoms with Gasteiger partial charge in [-0.2, -0.15) is 0 Å². The SMILES string of the molecule is O=C(c1cccc(C(Cl)Cl)c1)N1c2ccccc2C2(CCNCC2)C1CC1CC1. The van der Waals surface area contributed by atoms with Crippen molar-refractivity contribution in [2.75, 3.05) is 18.0 Å². The second-order valence-corrected chi connectivity index (χ2v) is 9.82. The summed E-state index contributed by atoms with van der Waals surface area (Å²) in [5, 5.41) is 3.52. The normalized spacial score (nSPS) is 22.9. The molecule has 152 valence electrons. The Labute approximate surface area is 182 Å². The summed E-state index contributed by atoms with van der Waals surface area (Å²) in [5.74, 6) is 0.812. The average molecular weight is 429 g/mol. The summed E-state index contributed by atoms with van der Waals surface area (Å²) in [6, 6.07) is 16.2. The molecule has 2 heterocycles. The van der Waals surface area contributed by atoms with Crippen LogP contribution in [0.5, 0.6) is 0 Å². The van der Waals surface area contributed by atoms with Gasteiger partial charge in [-0.25, -0.2) is 0 Å². The molecule has 29 heavy (non-hydrogen) atoms. The zero-order valence-electron chi connectivity index (χ0n) is 16.4. The zero-order valence-corrected chi connectivity index (χ0v) is 17.9. The Balaban J connectivity index is 1.60. The molecule has 1 unspecified atom stereocenters. The van der Waals surface area contributed by atoms with Gasteiger partial charge < -0.3 is 10.2 Å². The van der Waals surface area contributed by atoms with Gasteiger partial charge in [0.1, 0.15) is 4.84 Å². The van der Waals surface area contributed by atoms with Gasteiger partial charge in [-0.3, -0.25) is 4.79 Å². The molecule has 5 rings (SSSR count). The molecule has 1 saturated heterocycles. The first-order valence-electron chi connectivity index (χ1n) is 10.6. The van der Waals surface area contributed by atoms with Crippen LogP contribution in [0.3, 0.4) is 0 Å². The fourth-order valence-electron chi connectivity index (χ4n) is 5.37. The molecule has 0 bridgehead atoms. The van der Waals surface area contributed by atoms with E-state index >= 15 is 0 Å². The van der Waals surface area contributed by atoms with Crippen LogP contribution in [0, 0.1) is 5.92 Å². The molecular formula is C24H26Cl2N2O. The van der Waals surface area contributed by atoms with E-state index in [9.17, 15) is 4.79 Å². The van der Waals surface area contributed by atoms with Crippen LogP contribution in [-0.4, -0.2) is 25.0 Å². The number of nitrogens with one attached hydrogen (secondary N) is 1. The number of alkyl halides is 2. The molecule has 2 aliphatic heterocycles. The van der Waals surface area contributed by atoms with Crippen molar-refractivity contribution in [3.05, 3.63) is 65.2 Å². The fraction of sp³-hybridized carbons (Fsp3) is 0.458. The predicted octanol–water partition coefficient (Wildman–Crippen LogP) is 5.61. The largest absolute Gasteiger partial charge is 0.317 e. The Bertz CT molecular complexity index is 919. The molecule has 1 atom stereocenters. The van der Waals surface area contributed by atoms with Crippen molar-refractivity contribution in [3.8, 4) is 0 Å². The lowest BCUT2D eigenvalue weighted by Crippen LogP contribution is -2.52. The number of piperidine rings is 1. The van der Waals surface area contributed by atoms with Gasteiger partial charge in [0.15, 0.2) is 0 Å². The second kappa shape index (κ2) is 7.61. The monoisotopic (exact) mass is 428 g/mol. The number of hydrogen-bond donors (Lipinski definition) is 1. The summed E-state index contributed by atoms with van der Waals surface area (Å²) in [6.45, 7) is 2.01. The van der Waals surface area contributed by atoms with Crippen LogP contribution in [-0.2, 0) is 5.41 Å². The highest BCUT2D eigenvalue weighted by atomic mass is 35.5. The minimum absolute atomic E-state index is 0.0548. The third-order valence-electron chi connectivity index (χ3n) is 7.00. The van der Waals surface area contributed by atoms with Gasteiger partial charge in [0, 0.05) is 22.7 Å². The number of carbonyl (C=O) groups excluding carboxylic acids is 1. The molecule has 1 N–H and O–H groups in total. The number of carbonyl (C=O) groups is 1. The number of para-hydroxylation sites is 1. The van der Waals surface area contributed by atoms with Crippen LogP contribution >= 0.6 is 23.2 Å². The number of rotatable bonds is 4. The predicted molar refractivity (Wildman–Crippen MR) is 119 cm³/mol. The zero-order chi connectivity index (χ0) is 20.0. The summed E-state index contributed by atoms with van der Waals surface area (Å²) in [6.07, 6.45) is 5.83. The summed E-state index contributed by atoms with van der Waals surface area (Å²) in [7, 11) is 0. The van der Waals surface area contributed by atoms with Crippen molar-refractivity contribution >= 4 is 34.8 Å². The molecule has 1 saturated carbocycles. The Hall–Kier alpha value is -1.55. The highest BCUT2D eigenvalue weighted by Crippen LogP contribution is 2.54. The lowest BCUT2D eigenvalue weighted by atomic mass is 9.68. The van der Waals surface area contributed by atoms with Crippen LogP contribution in [0.2, 0.25) is 0 Å². The number of hydrogen-bond acceptors (Lipinski definition) is 2. The highest BCUT2D eigenvalue weighted by molar-refractivity contribution is 6.44. The summed E-state index contributed by atoms with van der Waals surface area (Å²) >= 11 is 12.2. The van der Waals surface area contributed by atoms with Crippen LogP contribution in [0.1, 0.15) is 58.4 Å². The molecule has 2 aromatic carbocycles. The first kappa shape index (κ1) is 19.4. The third kappa shape index (κ3) is 3.37. The van der Waals surface area contributed by atoms with Crippen LogP contribution < -0.4 is 10.2 Å². The number of anilines is 1. The van der Waals surface area contributed by atoms with Crippen molar-refractivity contribution in [1.29, 1.82) is 0 Å². The fourth-order valence-corrected chi connectivity index (χ4v) is 5.64. The van der Waals surface area contributed by atoms with Crippen LogP contribution in [0.25, 0.3) is 0 Å². The van der Waals surface area contributed by atoms with Gasteiger partial charge >= 0.3 is 0 Å². The van der Waals surface area contributed by atoms with E-state index in [0.717, 1.165) is 49.5 Å². The molecule has 1 aliphatic carbocycles. The minimum atomic E-state index is -0.633. The Morgan fingerprint density at radius 3 is 2.59 bits per heavy atom. The Kier molecular flexibility index (Phi) is 5.09. The minimum Gasteiger partial charge on any atom is -0.317 e. The standard InChI is InChI=1S/C24H26Cl2N2O/c25-22(26)17-4-3-5-18(15-17)23(29)28-20-7-2-1-6-19(20)24(10-12-27-13-11-24)21(28)14-16-8-9-16/h1-7,15-16,21-22,27H,8-14H2. The molecule has 1 spiro atoms. The van der Waals surface area contributed by atoms with E-state index in [0.29, 0.717) is 5.56 Å². The topological polar surface area (TPSA) is 32.3 Å². The maximum atomic E-state index is 13.8. The van der Waals surface area contributed by atoms with E-state index in [4.69, 9.17) is 23.2 Å². The lowest BCUT2D eigenvalue weighted by molar-refractivity contribution is 0.0960. The van der Waals surface area contributed by atoms with Crippen LogP contribution in [0.4, 0.5) is 5.69 Å². The number of amides is 1. The molecule has 1 amide bonds. The molecule has 3 nitrogen and oxygen atoms in total. The molecule has 0 radical (unpaired) electrons. The van der Waals surface area contributed by atoms with E-state index in [1.165, 1.54) is 18.4 Å². The first-order valence-corrected chi connectivity index (χ1v) is 11.5. The molecular weight excluding hydrogens is 403 g/mol. The Morgan fingerprint density at radius 1 is 1.10 bits per heavy atom. The van der Waals surface area contributed by atoms with E-state index in [1.807, 2.05) is 24.3 Å². The van der Waals surface area contributed by atoms with E-state index in [2.05, 4.69) is 34.5 Å². The molecule has 0 aromatic heterocycles. The number of fused-ring (bicyclic) bond motifs is 2. The third-order valence-corrected chi connectivity index (χ3v) is 7.51. The summed E-state index contributed by atoms with van der Waals surface area (Å²) in [5.41, 5.74) is 3.92. The van der Waals surface area contributed by atoms with Crippen molar-refractivity contribution in [1.82, 2.24) is 5.32 Å². The van der Waals surface area contributed by atoms with E-state index < -0.39 is 4.84 Å². The highest BCUT2D eigenvalue weighted by Gasteiger charge is 2.53. The van der Waals surface area contributed by atoms with Gasteiger partial charge in [0.05, 0.1) is 0 Å². The number of nitrogens with zero attached hydrogens (tertiary/aromatic N) is 1. The maximum Gasteiger partial charge on any atom is 0.258 e. The van der Waals surface area contributed by atoms with Crippen LogP contribution in [0.15, 0.2) is 48.5 Å². The van der Waals surface area contributed by atoms with Gasteiger partial charge in [-0.1, -0.05) is 43.2 Å². The maximum absolute atomic E-state index is 13.8. The van der Waals surface area contributed by atoms with Gasteiger partial charge in [-0.05, 0) is 67.6 Å². The molecule has 3 aliphatic rings. The van der Waals surface area contributed by atoms with Crippen molar-refractivity contribution in [2.45, 2.75) is 48.4 Å². The van der Waals surface area contributed by atoms with E-state index in [1.54, 1.807) is 0 Å². The number of halogens is 2.